The van der Waals surface area contributed by atoms with Gasteiger partial charge >= 0.3 is 5.97 Å². The average molecular weight is 407 g/mol. The predicted octanol–water partition coefficient (Wildman–Crippen LogP) is 4.94. The van der Waals surface area contributed by atoms with E-state index < -0.39 is 18.5 Å². The highest BCUT2D eigenvalue weighted by atomic mass is 35.5. The number of esters is 1. The SMILES string of the molecule is O=C(COC(=O)c1ccc2noc(-c3ccccc3)c2c1)Nc1ccccc1Cl. The summed E-state index contributed by atoms with van der Waals surface area (Å²) < 4.78 is 10.6. The summed E-state index contributed by atoms with van der Waals surface area (Å²) in [5, 5.41) is 7.71. The third kappa shape index (κ3) is 4.12. The van der Waals surface area contributed by atoms with Crippen LogP contribution in [0.15, 0.2) is 77.3 Å². The number of fused-ring (bicyclic) bond motifs is 1. The summed E-state index contributed by atoms with van der Waals surface area (Å²) in [4.78, 5) is 24.4. The monoisotopic (exact) mass is 406 g/mol. The zero-order valence-electron chi connectivity index (χ0n) is 15.1. The minimum absolute atomic E-state index is 0.295. The number of rotatable bonds is 5. The van der Waals surface area contributed by atoms with Gasteiger partial charge in [0, 0.05) is 5.56 Å². The number of ether oxygens (including phenoxy) is 1. The Morgan fingerprint density at radius 1 is 1.00 bits per heavy atom. The zero-order chi connectivity index (χ0) is 20.2. The van der Waals surface area contributed by atoms with Gasteiger partial charge in [-0.3, -0.25) is 4.79 Å². The van der Waals surface area contributed by atoms with E-state index >= 15 is 0 Å². The van der Waals surface area contributed by atoms with Crippen molar-refractivity contribution in [2.24, 2.45) is 0 Å². The van der Waals surface area contributed by atoms with E-state index in [-0.39, 0.29) is 0 Å². The maximum atomic E-state index is 12.4. The van der Waals surface area contributed by atoms with Crippen LogP contribution < -0.4 is 5.32 Å². The van der Waals surface area contributed by atoms with Crippen LogP contribution >= 0.6 is 11.6 Å². The molecule has 0 aliphatic heterocycles. The Hall–Kier alpha value is -3.64. The van der Waals surface area contributed by atoms with E-state index in [9.17, 15) is 9.59 Å². The van der Waals surface area contributed by atoms with Gasteiger partial charge in [0.25, 0.3) is 5.91 Å². The van der Waals surface area contributed by atoms with E-state index in [0.29, 0.717) is 32.9 Å². The number of amides is 1. The van der Waals surface area contributed by atoms with Crippen molar-refractivity contribution in [1.29, 1.82) is 0 Å². The van der Waals surface area contributed by atoms with Gasteiger partial charge in [-0.15, -0.1) is 0 Å². The maximum absolute atomic E-state index is 12.4. The third-order valence-corrected chi connectivity index (χ3v) is 4.56. The Morgan fingerprint density at radius 2 is 1.76 bits per heavy atom. The van der Waals surface area contributed by atoms with Crippen molar-refractivity contribution >= 4 is 40.1 Å². The number of hydrogen-bond donors (Lipinski definition) is 1. The molecule has 6 nitrogen and oxygen atoms in total. The molecule has 0 fully saturated rings. The molecule has 4 aromatic rings. The van der Waals surface area contributed by atoms with Crippen molar-refractivity contribution in [2.75, 3.05) is 11.9 Å². The predicted molar refractivity (Wildman–Crippen MR) is 110 cm³/mol. The molecule has 0 bridgehead atoms. The highest BCUT2D eigenvalue weighted by molar-refractivity contribution is 6.33. The second kappa shape index (κ2) is 8.16. The first-order valence-corrected chi connectivity index (χ1v) is 9.16. The fourth-order valence-corrected chi connectivity index (χ4v) is 3.01. The second-order valence-electron chi connectivity index (χ2n) is 6.21. The van der Waals surface area contributed by atoms with Crippen LogP contribution in [-0.4, -0.2) is 23.6 Å². The Morgan fingerprint density at radius 3 is 2.55 bits per heavy atom. The number of nitrogens with zero attached hydrogens (tertiary/aromatic N) is 1. The van der Waals surface area contributed by atoms with Gasteiger partial charge in [0.1, 0.15) is 5.52 Å². The van der Waals surface area contributed by atoms with Crippen molar-refractivity contribution in [3.8, 4) is 11.3 Å². The molecule has 1 aromatic heterocycles. The first kappa shape index (κ1) is 18.7. The third-order valence-electron chi connectivity index (χ3n) is 4.23. The number of nitrogens with one attached hydrogen (secondary N) is 1. The molecule has 29 heavy (non-hydrogen) atoms. The summed E-state index contributed by atoms with van der Waals surface area (Å²) in [6.07, 6.45) is 0. The molecule has 0 spiro atoms. The van der Waals surface area contributed by atoms with Gasteiger partial charge in [0.05, 0.1) is 21.7 Å². The number of halogens is 1. The number of carbonyl (C=O) groups excluding carboxylic acids is 2. The summed E-state index contributed by atoms with van der Waals surface area (Å²) in [6.45, 7) is -0.433. The number of hydrogen-bond acceptors (Lipinski definition) is 5. The van der Waals surface area contributed by atoms with Crippen LogP contribution in [0, 0.1) is 0 Å². The normalized spacial score (nSPS) is 10.7. The molecule has 144 valence electrons. The lowest BCUT2D eigenvalue weighted by Gasteiger charge is -2.08. The first-order valence-electron chi connectivity index (χ1n) is 8.78. The van der Waals surface area contributed by atoms with E-state index in [4.69, 9.17) is 20.9 Å². The van der Waals surface area contributed by atoms with Gasteiger partial charge in [-0.25, -0.2) is 4.79 Å². The number of para-hydroxylation sites is 1. The van der Waals surface area contributed by atoms with E-state index in [1.165, 1.54) is 0 Å². The summed E-state index contributed by atoms with van der Waals surface area (Å²) in [6, 6.07) is 21.2. The first-order chi connectivity index (χ1) is 14.1. The number of benzene rings is 3. The van der Waals surface area contributed by atoms with E-state index in [0.717, 1.165) is 5.56 Å². The molecule has 0 atom stereocenters. The Labute approximate surface area is 171 Å². The van der Waals surface area contributed by atoms with Crippen LogP contribution in [0.5, 0.6) is 0 Å². The topological polar surface area (TPSA) is 81.4 Å². The molecule has 0 saturated carbocycles. The van der Waals surface area contributed by atoms with Crippen LogP contribution in [0.4, 0.5) is 5.69 Å². The molecule has 0 aliphatic rings. The van der Waals surface area contributed by atoms with Gasteiger partial charge in [-0.1, -0.05) is 59.2 Å². The van der Waals surface area contributed by atoms with Crippen LogP contribution in [0.3, 0.4) is 0 Å². The second-order valence-corrected chi connectivity index (χ2v) is 6.62. The Bertz CT molecular complexity index is 1190. The number of aromatic nitrogens is 1. The van der Waals surface area contributed by atoms with Crippen molar-refractivity contribution in [2.45, 2.75) is 0 Å². The molecule has 1 amide bonds. The molecule has 4 rings (SSSR count). The molecule has 1 N–H and O–H groups in total. The molecule has 1 heterocycles. The Kier molecular flexibility index (Phi) is 5.27. The van der Waals surface area contributed by atoms with Crippen molar-refractivity contribution in [1.82, 2.24) is 5.16 Å². The minimum atomic E-state index is -0.624. The molecule has 7 heteroatoms. The maximum Gasteiger partial charge on any atom is 0.338 e. The highest BCUT2D eigenvalue weighted by Gasteiger charge is 2.16. The van der Waals surface area contributed by atoms with Crippen molar-refractivity contribution in [3.63, 3.8) is 0 Å². The molecule has 0 unspecified atom stereocenters. The van der Waals surface area contributed by atoms with Crippen molar-refractivity contribution < 1.29 is 18.8 Å². The molecule has 0 saturated heterocycles. The molecule has 0 aliphatic carbocycles. The molecule has 3 aromatic carbocycles. The summed E-state index contributed by atoms with van der Waals surface area (Å²) >= 11 is 6.00. The van der Waals surface area contributed by atoms with Gasteiger partial charge < -0.3 is 14.6 Å². The molecular formula is C22H15ClN2O4. The minimum Gasteiger partial charge on any atom is -0.452 e. The van der Waals surface area contributed by atoms with E-state index in [1.54, 1.807) is 42.5 Å². The number of anilines is 1. The highest BCUT2D eigenvalue weighted by Crippen LogP contribution is 2.29. The smallest absolute Gasteiger partial charge is 0.338 e. The summed E-state index contributed by atoms with van der Waals surface area (Å²) in [5.41, 5.74) is 2.22. The zero-order valence-corrected chi connectivity index (χ0v) is 15.8. The fraction of sp³-hybridized carbons (Fsp3) is 0.0455. The van der Waals surface area contributed by atoms with E-state index in [2.05, 4.69) is 10.5 Å². The standard InChI is InChI=1S/C22H15ClN2O4/c23-17-8-4-5-9-19(17)24-20(26)13-28-22(27)15-10-11-18-16(12-15)21(29-25-18)14-6-2-1-3-7-14/h1-12H,13H2,(H,24,26). The van der Waals surface area contributed by atoms with Gasteiger partial charge in [0.15, 0.2) is 12.4 Å². The lowest BCUT2D eigenvalue weighted by molar-refractivity contribution is -0.119. The van der Waals surface area contributed by atoms with Gasteiger partial charge in [0.2, 0.25) is 0 Å². The summed E-state index contributed by atoms with van der Waals surface area (Å²) in [5.74, 6) is -0.546. The van der Waals surface area contributed by atoms with Crippen LogP contribution in [0.2, 0.25) is 5.02 Å². The van der Waals surface area contributed by atoms with Crippen LogP contribution in [-0.2, 0) is 9.53 Å². The number of carbonyl (C=O) groups is 2. The van der Waals surface area contributed by atoms with Crippen molar-refractivity contribution in [3.05, 3.63) is 83.4 Å². The van der Waals surface area contributed by atoms with Gasteiger partial charge in [-0.2, -0.15) is 0 Å². The van der Waals surface area contributed by atoms with Crippen LogP contribution in [0.25, 0.3) is 22.2 Å². The summed E-state index contributed by atoms with van der Waals surface area (Å²) in [7, 11) is 0. The lowest BCUT2D eigenvalue weighted by atomic mass is 10.1. The van der Waals surface area contributed by atoms with Crippen LogP contribution in [0.1, 0.15) is 10.4 Å². The quantitative estimate of drug-likeness (QED) is 0.474. The lowest BCUT2D eigenvalue weighted by Crippen LogP contribution is -2.21. The molecule has 0 radical (unpaired) electrons. The average Bonchev–Trinajstić information content (AvgIpc) is 3.17. The largest absolute Gasteiger partial charge is 0.452 e. The molecular weight excluding hydrogens is 392 g/mol. The fourth-order valence-electron chi connectivity index (χ4n) is 2.83. The van der Waals surface area contributed by atoms with E-state index in [1.807, 2.05) is 30.3 Å². The Balaban J connectivity index is 1.47. The van der Waals surface area contributed by atoms with Gasteiger partial charge in [-0.05, 0) is 30.3 Å².